The van der Waals surface area contributed by atoms with Gasteiger partial charge in [0.15, 0.2) is 0 Å². The Balaban J connectivity index is 1.53. The lowest BCUT2D eigenvalue weighted by atomic mass is 10.0. The molecule has 23 heavy (non-hydrogen) atoms. The molecule has 0 bridgehead atoms. The molecule has 1 aliphatic rings. The minimum Gasteiger partial charge on any atom is -0.458 e. The number of fused-ring (bicyclic) bond motifs is 1. The number of aromatic nitrogens is 1. The SMILES string of the molecule is O[C@H](CN1CCCCC1c1nccs1)c1cc2ccccc2o1. The highest BCUT2D eigenvalue weighted by atomic mass is 32.1. The fraction of sp³-hybridized carbons (Fsp3) is 0.389. The molecule has 0 amide bonds. The molecule has 2 atom stereocenters. The predicted molar refractivity (Wildman–Crippen MR) is 91.5 cm³/mol. The maximum Gasteiger partial charge on any atom is 0.135 e. The molecular formula is C18H20N2O2S. The Hall–Kier alpha value is -1.69. The lowest BCUT2D eigenvalue weighted by Gasteiger charge is -2.35. The third-order valence-corrected chi connectivity index (χ3v) is 5.41. The Morgan fingerprint density at radius 1 is 1.35 bits per heavy atom. The van der Waals surface area contributed by atoms with E-state index in [1.165, 1.54) is 12.8 Å². The molecule has 0 aliphatic carbocycles. The summed E-state index contributed by atoms with van der Waals surface area (Å²) in [4.78, 5) is 6.82. The van der Waals surface area contributed by atoms with E-state index >= 15 is 0 Å². The number of furan rings is 1. The molecule has 3 aromatic rings. The van der Waals surface area contributed by atoms with Crippen molar-refractivity contribution in [3.8, 4) is 0 Å². The van der Waals surface area contributed by atoms with E-state index in [1.807, 2.05) is 41.9 Å². The van der Waals surface area contributed by atoms with Crippen molar-refractivity contribution in [2.45, 2.75) is 31.4 Å². The molecule has 1 fully saturated rings. The molecule has 1 N–H and O–H groups in total. The van der Waals surface area contributed by atoms with Crippen molar-refractivity contribution in [2.75, 3.05) is 13.1 Å². The van der Waals surface area contributed by atoms with Gasteiger partial charge in [-0.2, -0.15) is 0 Å². The van der Waals surface area contributed by atoms with Gasteiger partial charge in [0.05, 0.1) is 6.04 Å². The maximum atomic E-state index is 10.6. The molecule has 4 rings (SSSR count). The zero-order chi connectivity index (χ0) is 15.6. The normalized spacial score (nSPS) is 20.8. The molecule has 0 spiro atoms. The highest BCUT2D eigenvalue weighted by molar-refractivity contribution is 7.09. The van der Waals surface area contributed by atoms with E-state index in [4.69, 9.17) is 4.42 Å². The van der Waals surface area contributed by atoms with Crippen molar-refractivity contribution in [3.63, 3.8) is 0 Å². The number of hydrogen-bond donors (Lipinski definition) is 1. The highest BCUT2D eigenvalue weighted by Gasteiger charge is 2.28. The van der Waals surface area contributed by atoms with Crippen molar-refractivity contribution >= 4 is 22.3 Å². The van der Waals surface area contributed by atoms with Crippen LogP contribution in [-0.4, -0.2) is 28.1 Å². The minimum absolute atomic E-state index is 0.322. The van der Waals surface area contributed by atoms with Gasteiger partial charge in [0.2, 0.25) is 0 Å². The van der Waals surface area contributed by atoms with Crippen LogP contribution in [0.15, 0.2) is 46.3 Å². The summed E-state index contributed by atoms with van der Waals surface area (Å²) in [6, 6.07) is 10.1. The molecule has 5 heteroatoms. The number of likely N-dealkylation sites (tertiary alicyclic amines) is 1. The Kier molecular flexibility index (Phi) is 4.16. The number of benzene rings is 1. The summed E-state index contributed by atoms with van der Waals surface area (Å²) in [6.07, 6.45) is 4.77. The molecule has 120 valence electrons. The first-order chi connectivity index (χ1) is 11.3. The quantitative estimate of drug-likeness (QED) is 0.781. The Morgan fingerprint density at radius 2 is 2.26 bits per heavy atom. The van der Waals surface area contributed by atoms with Gasteiger partial charge < -0.3 is 9.52 Å². The number of thiazole rings is 1. The highest BCUT2D eigenvalue weighted by Crippen LogP contribution is 2.34. The third kappa shape index (κ3) is 3.04. The first kappa shape index (κ1) is 14.9. The van der Waals surface area contributed by atoms with Crippen molar-refractivity contribution in [3.05, 3.63) is 52.7 Å². The van der Waals surface area contributed by atoms with E-state index in [0.717, 1.165) is 28.9 Å². The van der Waals surface area contributed by atoms with Crippen molar-refractivity contribution < 1.29 is 9.52 Å². The molecule has 1 aliphatic heterocycles. The zero-order valence-corrected chi connectivity index (χ0v) is 13.7. The summed E-state index contributed by atoms with van der Waals surface area (Å²) < 4.78 is 5.81. The number of hydrogen-bond acceptors (Lipinski definition) is 5. The van der Waals surface area contributed by atoms with Gasteiger partial charge >= 0.3 is 0 Å². The lowest BCUT2D eigenvalue weighted by molar-refractivity contribution is 0.0559. The van der Waals surface area contributed by atoms with Crippen molar-refractivity contribution in [1.29, 1.82) is 0 Å². The van der Waals surface area contributed by atoms with E-state index in [9.17, 15) is 5.11 Å². The maximum absolute atomic E-state index is 10.6. The number of aliphatic hydroxyl groups excluding tert-OH is 1. The van der Waals surface area contributed by atoms with Gasteiger partial charge in [0.25, 0.3) is 0 Å². The first-order valence-corrected chi connectivity index (χ1v) is 8.99. The van der Waals surface area contributed by atoms with Crippen molar-refractivity contribution in [2.24, 2.45) is 0 Å². The largest absolute Gasteiger partial charge is 0.458 e. The average molecular weight is 328 g/mol. The second kappa shape index (κ2) is 6.43. The molecule has 1 unspecified atom stereocenters. The number of piperidine rings is 1. The number of aliphatic hydroxyl groups is 1. The summed E-state index contributed by atoms with van der Waals surface area (Å²) in [6.45, 7) is 1.59. The molecule has 1 aromatic carbocycles. The summed E-state index contributed by atoms with van der Waals surface area (Å²) >= 11 is 1.70. The second-order valence-electron chi connectivity index (χ2n) is 6.08. The summed E-state index contributed by atoms with van der Waals surface area (Å²) in [5.41, 5.74) is 0.830. The van der Waals surface area contributed by atoms with Crippen LogP contribution in [0.1, 0.15) is 42.2 Å². The minimum atomic E-state index is -0.608. The standard InChI is InChI=1S/C18H20N2O2S/c21-15(17-11-13-5-1-2-7-16(13)22-17)12-20-9-4-3-6-14(20)18-19-8-10-23-18/h1-2,5,7-8,10-11,14-15,21H,3-4,6,9,12H2/t14?,15-/m1/s1. The zero-order valence-electron chi connectivity index (χ0n) is 12.9. The fourth-order valence-electron chi connectivity index (χ4n) is 3.37. The van der Waals surface area contributed by atoms with Gasteiger partial charge in [-0.3, -0.25) is 4.90 Å². The second-order valence-corrected chi connectivity index (χ2v) is 7.01. The summed E-state index contributed by atoms with van der Waals surface area (Å²) in [5, 5.41) is 14.9. The van der Waals surface area contributed by atoms with E-state index in [0.29, 0.717) is 18.3 Å². The Morgan fingerprint density at radius 3 is 3.09 bits per heavy atom. The van der Waals surface area contributed by atoms with Crippen LogP contribution in [0, 0.1) is 0 Å². The molecule has 3 heterocycles. The molecule has 0 radical (unpaired) electrons. The van der Waals surface area contributed by atoms with Gasteiger partial charge in [-0.15, -0.1) is 11.3 Å². The number of rotatable bonds is 4. The van der Waals surface area contributed by atoms with Gasteiger partial charge in [-0.1, -0.05) is 24.6 Å². The number of β-amino-alcohol motifs (C(OH)–C–C–N with tert-alkyl or cyclic N) is 1. The molecular weight excluding hydrogens is 308 g/mol. The molecule has 0 saturated carbocycles. The van der Waals surface area contributed by atoms with Crippen LogP contribution in [-0.2, 0) is 0 Å². The fourth-order valence-corrected chi connectivity index (χ4v) is 4.17. The number of para-hydroxylation sites is 1. The van der Waals surface area contributed by atoms with Crippen molar-refractivity contribution in [1.82, 2.24) is 9.88 Å². The Labute approximate surface area is 139 Å². The van der Waals surface area contributed by atoms with E-state index in [1.54, 1.807) is 11.3 Å². The first-order valence-electron chi connectivity index (χ1n) is 8.11. The average Bonchev–Trinajstić information content (AvgIpc) is 3.25. The summed E-state index contributed by atoms with van der Waals surface area (Å²) in [7, 11) is 0. The van der Waals surface area contributed by atoms with E-state index < -0.39 is 6.10 Å². The third-order valence-electron chi connectivity index (χ3n) is 4.53. The van der Waals surface area contributed by atoms with Crippen LogP contribution < -0.4 is 0 Å². The van der Waals surface area contributed by atoms with Crippen LogP contribution in [0.3, 0.4) is 0 Å². The van der Waals surface area contributed by atoms with Gasteiger partial charge in [0, 0.05) is 23.5 Å². The van der Waals surface area contributed by atoms with E-state index in [2.05, 4.69) is 9.88 Å². The molecule has 1 saturated heterocycles. The van der Waals surface area contributed by atoms with E-state index in [-0.39, 0.29) is 0 Å². The monoisotopic (exact) mass is 328 g/mol. The van der Waals surface area contributed by atoms with Gasteiger partial charge in [-0.05, 0) is 31.5 Å². The van der Waals surface area contributed by atoms with Crippen LogP contribution in [0.2, 0.25) is 0 Å². The topological polar surface area (TPSA) is 49.5 Å². The van der Waals surface area contributed by atoms with Gasteiger partial charge in [0.1, 0.15) is 22.5 Å². The van der Waals surface area contributed by atoms with Crippen LogP contribution in [0.25, 0.3) is 11.0 Å². The Bertz CT molecular complexity index is 735. The molecule has 4 nitrogen and oxygen atoms in total. The van der Waals surface area contributed by atoms with Crippen LogP contribution in [0.5, 0.6) is 0 Å². The smallest absolute Gasteiger partial charge is 0.135 e. The number of nitrogens with zero attached hydrogens (tertiary/aromatic N) is 2. The van der Waals surface area contributed by atoms with Crippen LogP contribution in [0.4, 0.5) is 0 Å². The van der Waals surface area contributed by atoms with Gasteiger partial charge in [-0.25, -0.2) is 4.98 Å². The lowest BCUT2D eigenvalue weighted by Crippen LogP contribution is -2.36. The van der Waals surface area contributed by atoms with Crippen LogP contribution >= 0.6 is 11.3 Å². The molecule has 2 aromatic heterocycles. The predicted octanol–water partition coefficient (Wildman–Crippen LogP) is 4.15. The summed E-state index contributed by atoms with van der Waals surface area (Å²) in [5.74, 6) is 0.648.